The number of hydrogen-bond donors (Lipinski definition) is 1. The van der Waals surface area contributed by atoms with Crippen molar-refractivity contribution in [3.8, 4) is 0 Å². The van der Waals surface area contributed by atoms with E-state index in [1.807, 2.05) is 0 Å². The summed E-state index contributed by atoms with van der Waals surface area (Å²) in [7, 11) is 0. The molecule has 1 N–H and O–H groups in total. The van der Waals surface area contributed by atoms with E-state index in [1.165, 1.54) is 96.3 Å². The maximum atomic E-state index is 11.7. The van der Waals surface area contributed by atoms with Crippen molar-refractivity contribution in [1.82, 2.24) is 5.32 Å². The monoisotopic (exact) mass is 367 g/mol. The molecule has 1 aliphatic heterocycles. The maximum absolute atomic E-state index is 11.7. The maximum Gasteiger partial charge on any atom is 0.306 e. The molecule has 154 valence electrons. The van der Waals surface area contributed by atoms with E-state index in [1.54, 1.807) is 0 Å². The molecule has 0 bridgehead atoms. The predicted molar refractivity (Wildman–Crippen MR) is 112 cm³/mol. The third kappa shape index (κ3) is 14.6. The van der Waals surface area contributed by atoms with E-state index in [9.17, 15) is 4.79 Å². The van der Waals surface area contributed by atoms with Crippen LogP contribution in [0, 0.1) is 0 Å². The molecule has 0 radical (unpaired) electrons. The molecule has 1 aliphatic rings. The molecular formula is C23H45NO2. The second kappa shape index (κ2) is 17.8. The standard InChI is InChI=1S/C23H45NO2/c1-2-3-4-5-6-7-8-9-10-11-12-13-14-15-16-17-18-23(25)26-22-19-20-24-21-22/h22,24H,2-21H2,1H3. The number of hydrogen-bond acceptors (Lipinski definition) is 3. The first-order valence-electron chi connectivity index (χ1n) is 11.7. The highest BCUT2D eigenvalue weighted by Gasteiger charge is 2.18. The van der Waals surface area contributed by atoms with Crippen LogP contribution in [0.4, 0.5) is 0 Å². The van der Waals surface area contributed by atoms with Crippen molar-refractivity contribution in [2.24, 2.45) is 0 Å². The molecule has 3 nitrogen and oxygen atoms in total. The topological polar surface area (TPSA) is 38.3 Å². The molecule has 1 unspecified atom stereocenters. The van der Waals surface area contributed by atoms with Gasteiger partial charge < -0.3 is 10.1 Å². The zero-order chi connectivity index (χ0) is 18.7. The van der Waals surface area contributed by atoms with Gasteiger partial charge in [0.1, 0.15) is 6.10 Å². The fraction of sp³-hybridized carbons (Fsp3) is 0.957. The van der Waals surface area contributed by atoms with Gasteiger partial charge in [0.05, 0.1) is 0 Å². The predicted octanol–water partition coefficient (Wildman–Crippen LogP) is 6.54. The molecule has 0 spiro atoms. The SMILES string of the molecule is CCCCCCCCCCCCCCCCCCC(=O)OC1CCNC1. The third-order valence-electron chi connectivity index (χ3n) is 5.55. The average Bonchev–Trinajstić information content (AvgIpc) is 3.14. The van der Waals surface area contributed by atoms with Crippen molar-refractivity contribution in [2.45, 2.75) is 129 Å². The second-order valence-electron chi connectivity index (χ2n) is 8.16. The van der Waals surface area contributed by atoms with Gasteiger partial charge in [-0.05, 0) is 19.4 Å². The minimum absolute atomic E-state index is 0.00376. The van der Waals surface area contributed by atoms with Gasteiger partial charge >= 0.3 is 5.97 Å². The normalized spacial score (nSPS) is 16.9. The van der Waals surface area contributed by atoms with Gasteiger partial charge in [0, 0.05) is 13.0 Å². The summed E-state index contributed by atoms with van der Waals surface area (Å²) in [6.45, 7) is 4.10. The van der Waals surface area contributed by atoms with Gasteiger partial charge in [-0.1, -0.05) is 103 Å². The summed E-state index contributed by atoms with van der Waals surface area (Å²) in [5.41, 5.74) is 0. The van der Waals surface area contributed by atoms with Crippen LogP contribution in [0.25, 0.3) is 0 Å². The Kier molecular flexibility index (Phi) is 16.1. The zero-order valence-electron chi connectivity index (χ0n) is 17.5. The highest BCUT2D eigenvalue weighted by molar-refractivity contribution is 5.69. The minimum atomic E-state index is 0.00376. The molecule has 0 aromatic rings. The van der Waals surface area contributed by atoms with Crippen LogP contribution < -0.4 is 5.32 Å². The number of ether oxygens (including phenoxy) is 1. The van der Waals surface area contributed by atoms with Gasteiger partial charge in [0.25, 0.3) is 0 Å². The van der Waals surface area contributed by atoms with Gasteiger partial charge in [-0.2, -0.15) is 0 Å². The quantitative estimate of drug-likeness (QED) is 0.221. The summed E-state index contributed by atoms with van der Waals surface area (Å²) < 4.78 is 5.43. The molecule has 3 heteroatoms. The molecule has 1 heterocycles. The summed E-state index contributed by atoms with van der Waals surface area (Å²) in [5, 5.41) is 3.22. The summed E-state index contributed by atoms with van der Waals surface area (Å²) >= 11 is 0. The average molecular weight is 368 g/mol. The van der Waals surface area contributed by atoms with E-state index in [0.29, 0.717) is 6.42 Å². The van der Waals surface area contributed by atoms with Gasteiger partial charge in [0.15, 0.2) is 0 Å². The molecule has 0 saturated carbocycles. The first-order chi connectivity index (χ1) is 12.8. The van der Waals surface area contributed by atoms with Crippen molar-refractivity contribution in [2.75, 3.05) is 13.1 Å². The molecule has 26 heavy (non-hydrogen) atoms. The Labute approximate surface area is 163 Å². The smallest absolute Gasteiger partial charge is 0.306 e. The van der Waals surface area contributed by atoms with Gasteiger partial charge in [0.2, 0.25) is 0 Å². The molecular weight excluding hydrogens is 322 g/mol. The first-order valence-corrected chi connectivity index (χ1v) is 11.7. The van der Waals surface area contributed by atoms with Gasteiger partial charge in [-0.25, -0.2) is 0 Å². The van der Waals surface area contributed by atoms with Crippen molar-refractivity contribution in [3.05, 3.63) is 0 Å². The van der Waals surface area contributed by atoms with E-state index >= 15 is 0 Å². The third-order valence-corrected chi connectivity index (χ3v) is 5.55. The number of carbonyl (C=O) groups excluding carboxylic acids is 1. The molecule has 1 atom stereocenters. The van der Waals surface area contributed by atoms with Gasteiger partial charge in [-0.3, -0.25) is 4.79 Å². The summed E-state index contributed by atoms with van der Waals surface area (Å²) in [5.74, 6) is 0.00376. The van der Waals surface area contributed by atoms with Crippen molar-refractivity contribution in [3.63, 3.8) is 0 Å². The van der Waals surface area contributed by atoms with Crippen molar-refractivity contribution in [1.29, 1.82) is 0 Å². The number of unbranched alkanes of at least 4 members (excludes halogenated alkanes) is 15. The van der Waals surface area contributed by atoms with Crippen LogP contribution >= 0.6 is 0 Å². The molecule has 1 fully saturated rings. The van der Waals surface area contributed by atoms with Crippen LogP contribution in [0.1, 0.15) is 122 Å². The highest BCUT2D eigenvalue weighted by Crippen LogP contribution is 2.14. The van der Waals surface area contributed by atoms with E-state index in [2.05, 4.69) is 12.2 Å². The molecule has 1 saturated heterocycles. The Hall–Kier alpha value is -0.570. The number of carbonyl (C=O) groups is 1. The Balaban J connectivity index is 1.70. The van der Waals surface area contributed by atoms with E-state index in [0.717, 1.165) is 25.9 Å². The Morgan fingerprint density at radius 3 is 1.65 bits per heavy atom. The molecule has 0 aromatic heterocycles. The molecule has 0 aromatic carbocycles. The number of esters is 1. The zero-order valence-corrected chi connectivity index (χ0v) is 17.5. The molecule has 0 aliphatic carbocycles. The van der Waals surface area contributed by atoms with Crippen LogP contribution in [-0.2, 0) is 9.53 Å². The fourth-order valence-corrected chi connectivity index (χ4v) is 3.79. The Morgan fingerprint density at radius 1 is 0.769 bits per heavy atom. The summed E-state index contributed by atoms with van der Waals surface area (Å²) in [6.07, 6.45) is 23.5. The van der Waals surface area contributed by atoms with Crippen molar-refractivity contribution < 1.29 is 9.53 Å². The van der Waals surface area contributed by atoms with Crippen molar-refractivity contribution >= 4 is 5.97 Å². The van der Waals surface area contributed by atoms with Gasteiger partial charge in [-0.15, -0.1) is 0 Å². The van der Waals surface area contributed by atoms with Crippen LogP contribution in [0.3, 0.4) is 0 Å². The summed E-state index contributed by atoms with van der Waals surface area (Å²) in [6, 6.07) is 0. The minimum Gasteiger partial charge on any atom is -0.461 e. The van der Waals surface area contributed by atoms with Crippen LogP contribution in [-0.4, -0.2) is 25.2 Å². The number of nitrogens with one attached hydrogen (secondary N) is 1. The Morgan fingerprint density at radius 2 is 1.23 bits per heavy atom. The molecule has 1 rings (SSSR count). The highest BCUT2D eigenvalue weighted by atomic mass is 16.5. The lowest BCUT2D eigenvalue weighted by Crippen LogP contribution is -2.20. The van der Waals surface area contributed by atoms with Crippen LogP contribution in [0.2, 0.25) is 0 Å². The van der Waals surface area contributed by atoms with E-state index in [4.69, 9.17) is 4.74 Å². The second-order valence-corrected chi connectivity index (χ2v) is 8.16. The van der Waals surface area contributed by atoms with E-state index < -0.39 is 0 Å². The molecule has 0 amide bonds. The largest absolute Gasteiger partial charge is 0.461 e. The summed E-state index contributed by atoms with van der Waals surface area (Å²) in [4.78, 5) is 11.7. The lowest BCUT2D eigenvalue weighted by molar-refractivity contribution is -0.148. The first kappa shape index (κ1) is 23.5. The number of rotatable bonds is 18. The van der Waals surface area contributed by atoms with E-state index in [-0.39, 0.29) is 12.1 Å². The fourth-order valence-electron chi connectivity index (χ4n) is 3.79. The van der Waals surface area contributed by atoms with Crippen LogP contribution in [0.5, 0.6) is 0 Å². The lowest BCUT2D eigenvalue weighted by Gasteiger charge is -2.10. The lowest BCUT2D eigenvalue weighted by atomic mass is 10.0. The van der Waals surface area contributed by atoms with Crippen LogP contribution in [0.15, 0.2) is 0 Å². The Bertz CT molecular complexity index is 313.